The highest BCUT2D eigenvalue weighted by Gasteiger charge is 2.35. The first kappa shape index (κ1) is 21.2. The van der Waals surface area contributed by atoms with Gasteiger partial charge in [-0.3, -0.25) is 14.5 Å². The van der Waals surface area contributed by atoms with Crippen LogP contribution in [0.3, 0.4) is 0 Å². The molecule has 1 aliphatic heterocycles. The van der Waals surface area contributed by atoms with Crippen molar-refractivity contribution in [2.24, 2.45) is 0 Å². The van der Waals surface area contributed by atoms with E-state index in [2.05, 4.69) is 51.1 Å². The van der Waals surface area contributed by atoms with Crippen molar-refractivity contribution in [2.75, 3.05) is 6.61 Å². The van der Waals surface area contributed by atoms with E-state index < -0.39 is 0 Å². The van der Waals surface area contributed by atoms with Crippen LogP contribution in [-0.2, 0) is 11.3 Å². The molecule has 0 unspecified atom stereocenters. The molecule has 1 fully saturated rings. The molecule has 1 aliphatic rings. The third kappa shape index (κ3) is 4.72. The number of hydrogen-bond acceptors (Lipinski definition) is 4. The van der Waals surface area contributed by atoms with Crippen LogP contribution in [0.15, 0.2) is 41.3 Å². The predicted octanol–water partition coefficient (Wildman–Crippen LogP) is 5.45. The zero-order valence-electron chi connectivity index (χ0n) is 14.9. The third-order valence-corrected chi connectivity index (χ3v) is 6.59. The second-order valence-corrected chi connectivity index (χ2v) is 9.32. The molecule has 2 amide bonds. The van der Waals surface area contributed by atoms with Crippen LogP contribution >= 0.6 is 56.9 Å². The fourth-order valence-corrected chi connectivity index (χ4v) is 5.63. The average molecular weight is 615 g/mol. The van der Waals surface area contributed by atoms with Gasteiger partial charge in [0, 0.05) is 0 Å². The molecular weight excluding hydrogens is 600 g/mol. The molecule has 7 heteroatoms. The van der Waals surface area contributed by atoms with Gasteiger partial charge in [-0.05, 0) is 98.8 Å². The minimum absolute atomic E-state index is 0.198. The number of halogens is 2. The molecule has 0 aromatic heterocycles. The number of hydrogen-bond donors (Lipinski definition) is 0. The van der Waals surface area contributed by atoms with Crippen LogP contribution in [0, 0.1) is 26.4 Å². The largest absolute Gasteiger partial charge is 0.479 e. The van der Waals surface area contributed by atoms with Crippen molar-refractivity contribution in [3.05, 3.63) is 65.1 Å². The molecule has 4 nitrogen and oxygen atoms in total. The van der Waals surface area contributed by atoms with Crippen molar-refractivity contribution in [3.8, 4) is 18.1 Å². The van der Waals surface area contributed by atoms with Gasteiger partial charge in [0.05, 0.1) is 18.6 Å². The lowest BCUT2D eigenvalue weighted by Crippen LogP contribution is -2.27. The monoisotopic (exact) mass is 615 g/mol. The van der Waals surface area contributed by atoms with Gasteiger partial charge < -0.3 is 4.74 Å². The van der Waals surface area contributed by atoms with Gasteiger partial charge in [0.25, 0.3) is 11.1 Å². The van der Waals surface area contributed by atoms with E-state index in [0.717, 1.165) is 41.3 Å². The van der Waals surface area contributed by atoms with Gasteiger partial charge in [0.15, 0.2) is 0 Å². The van der Waals surface area contributed by atoms with Crippen LogP contribution in [-0.4, -0.2) is 22.7 Å². The van der Waals surface area contributed by atoms with Gasteiger partial charge >= 0.3 is 0 Å². The van der Waals surface area contributed by atoms with Crippen LogP contribution in [0.2, 0.25) is 0 Å². The number of carbonyl (C=O) groups excluding carboxylic acids is 2. The Morgan fingerprint density at radius 2 is 1.89 bits per heavy atom. The molecule has 28 heavy (non-hydrogen) atoms. The topological polar surface area (TPSA) is 46.6 Å². The molecule has 0 saturated carbocycles. The maximum Gasteiger partial charge on any atom is 0.293 e. The summed E-state index contributed by atoms with van der Waals surface area (Å²) in [5.41, 5.74) is 2.85. The Labute approximate surface area is 195 Å². The number of carbonyl (C=O) groups is 2. The van der Waals surface area contributed by atoms with Gasteiger partial charge in [-0.1, -0.05) is 30.2 Å². The maximum absolute atomic E-state index is 12.8. The summed E-state index contributed by atoms with van der Waals surface area (Å²) in [5.74, 6) is 2.91. The Morgan fingerprint density at radius 3 is 2.54 bits per heavy atom. The van der Waals surface area contributed by atoms with Crippen molar-refractivity contribution >= 4 is 74.2 Å². The van der Waals surface area contributed by atoms with Gasteiger partial charge in [0.1, 0.15) is 12.4 Å². The molecule has 0 N–H and O–H groups in total. The highest BCUT2D eigenvalue weighted by atomic mass is 127. The van der Waals surface area contributed by atoms with E-state index in [1.54, 1.807) is 6.08 Å². The molecule has 0 atom stereocenters. The van der Waals surface area contributed by atoms with Gasteiger partial charge in [-0.2, -0.15) is 0 Å². The summed E-state index contributed by atoms with van der Waals surface area (Å²) in [6, 6.07) is 11.6. The smallest absolute Gasteiger partial charge is 0.293 e. The Kier molecular flexibility index (Phi) is 7.06. The summed E-state index contributed by atoms with van der Waals surface area (Å²) in [5, 5.41) is -0.252. The molecule has 1 heterocycles. The fraction of sp³-hybridized carbons (Fsp3) is 0.143. The van der Waals surface area contributed by atoms with E-state index in [0.29, 0.717) is 4.91 Å². The minimum Gasteiger partial charge on any atom is -0.479 e. The summed E-state index contributed by atoms with van der Waals surface area (Å²) < 4.78 is 7.36. The number of rotatable bonds is 5. The lowest BCUT2D eigenvalue weighted by Gasteiger charge is -2.14. The first-order valence-corrected chi connectivity index (χ1v) is 11.2. The highest BCUT2D eigenvalue weighted by molar-refractivity contribution is 14.1. The summed E-state index contributed by atoms with van der Waals surface area (Å²) in [6.07, 6.45) is 7.00. The molecule has 0 radical (unpaired) electrons. The molecule has 1 saturated heterocycles. The normalized spacial score (nSPS) is 15.2. The standard InChI is InChI=1S/C21H15I2NO3S/c1-3-8-27-19-16(22)9-14(10-17(19)23)11-18-20(25)24(21(26)28-18)12-15-7-5-4-6-13(15)2/h1,4-7,9-11H,8,12H2,2H3/b18-11-. The second-order valence-electron chi connectivity index (χ2n) is 6.00. The van der Waals surface area contributed by atoms with Crippen LogP contribution in [0.25, 0.3) is 6.08 Å². The lowest BCUT2D eigenvalue weighted by molar-refractivity contribution is -0.123. The van der Waals surface area contributed by atoms with Gasteiger partial charge in [-0.25, -0.2) is 0 Å². The summed E-state index contributed by atoms with van der Waals surface area (Å²) >= 11 is 5.31. The first-order chi connectivity index (χ1) is 13.4. The van der Waals surface area contributed by atoms with Crippen LogP contribution in [0.1, 0.15) is 16.7 Å². The molecule has 0 spiro atoms. The Hall–Kier alpha value is -1.51. The van der Waals surface area contributed by atoms with E-state index in [1.165, 1.54) is 4.90 Å². The van der Waals surface area contributed by atoms with Crippen LogP contribution < -0.4 is 4.74 Å². The molecule has 2 aromatic rings. The van der Waals surface area contributed by atoms with E-state index in [-0.39, 0.29) is 24.3 Å². The average Bonchev–Trinajstić information content (AvgIpc) is 2.90. The Balaban J connectivity index is 1.84. The van der Waals surface area contributed by atoms with Crippen LogP contribution in [0.5, 0.6) is 5.75 Å². The summed E-state index contributed by atoms with van der Waals surface area (Å²) in [7, 11) is 0. The fourth-order valence-electron chi connectivity index (χ4n) is 2.66. The molecule has 3 rings (SSSR count). The van der Waals surface area contributed by atoms with Crippen LogP contribution in [0.4, 0.5) is 4.79 Å². The van der Waals surface area contributed by atoms with E-state index >= 15 is 0 Å². The Bertz CT molecular complexity index is 1000. The van der Waals surface area contributed by atoms with E-state index in [9.17, 15) is 9.59 Å². The quantitative estimate of drug-likeness (QED) is 0.255. The molecular formula is C21H15I2NO3S. The number of terminal acetylenes is 1. The van der Waals surface area contributed by atoms with Crippen molar-refractivity contribution in [3.63, 3.8) is 0 Å². The Morgan fingerprint density at radius 1 is 1.21 bits per heavy atom. The third-order valence-electron chi connectivity index (χ3n) is 4.08. The second kappa shape index (κ2) is 9.33. The van der Waals surface area contributed by atoms with Crippen molar-refractivity contribution < 1.29 is 14.3 Å². The number of imide groups is 1. The number of thioether (sulfide) groups is 1. The molecule has 0 aliphatic carbocycles. The number of nitrogens with zero attached hydrogens (tertiary/aromatic N) is 1. The SMILES string of the molecule is C#CCOc1c(I)cc(/C=C2\SC(=O)N(Cc3ccccc3C)C2=O)cc1I. The maximum atomic E-state index is 12.8. The van der Waals surface area contributed by atoms with E-state index in [1.807, 2.05) is 43.3 Å². The number of aryl methyl sites for hydroxylation is 1. The molecule has 0 bridgehead atoms. The van der Waals surface area contributed by atoms with Crippen molar-refractivity contribution in [2.45, 2.75) is 13.5 Å². The lowest BCUT2D eigenvalue weighted by atomic mass is 10.1. The van der Waals surface area contributed by atoms with E-state index in [4.69, 9.17) is 11.2 Å². The number of ether oxygens (including phenoxy) is 1. The molecule has 2 aromatic carbocycles. The first-order valence-electron chi connectivity index (χ1n) is 8.26. The van der Waals surface area contributed by atoms with Gasteiger partial charge in [0.2, 0.25) is 0 Å². The highest BCUT2D eigenvalue weighted by Crippen LogP contribution is 2.35. The summed E-state index contributed by atoms with van der Waals surface area (Å²) in [6.45, 7) is 2.45. The minimum atomic E-state index is -0.268. The number of amides is 2. The van der Waals surface area contributed by atoms with Gasteiger partial charge in [-0.15, -0.1) is 6.42 Å². The predicted molar refractivity (Wildman–Crippen MR) is 129 cm³/mol. The number of benzene rings is 2. The van der Waals surface area contributed by atoms with Crippen molar-refractivity contribution in [1.82, 2.24) is 4.90 Å². The molecule has 142 valence electrons. The zero-order valence-corrected chi connectivity index (χ0v) is 20.0. The van der Waals surface area contributed by atoms with Crippen molar-refractivity contribution in [1.29, 1.82) is 0 Å². The summed E-state index contributed by atoms with van der Waals surface area (Å²) in [4.78, 5) is 26.9. The zero-order chi connectivity index (χ0) is 20.3.